The van der Waals surface area contributed by atoms with Crippen LogP contribution in [0.1, 0.15) is 298 Å². The lowest BCUT2D eigenvalue weighted by atomic mass is 9.90. The van der Waals surface area contributed by atoms with Crippen molar-refractivity contribution in [3.05, 3.63) is 137 Å². The second kappa shape index (κ2) is 85.4. The number of carbonyl (C=O) groups is 6. The van der Waals surface area contributed by atoms with Crippen LogP contribution in [-0.4, -0.2) is 211 Å². The highest BCUT2D eigenvalue weighted by atomic mass is 16.6. The normalized spacial score (nSPS) is 16.6. The average Bonchev–Trinajstić information content (AvgIpc) is 0.903. The molecule has 0 aromatic carbocycles. The summed E-state index contributed by atoms with van der Waals surface area (Å²) in [6, 6.07) is 12.1. The monoisotopic (exact) mass is 1910 g/mol. The third-order valence-electron chi connectivity index (χ3n) is 22.5. The standard InChI is InChI=1S/C20H31NO4.C19H29NO4.2C18H27NO4.C18H27NO3.C16H23NO3/c1-3-4-12-24-13-14-25-20(22)19(16-21)18-10-7-9-17(15-18)8-5-6-11-23-2;1-3-23-12-7-13-24-19(21)18(15-20)17-10-6-9-16(14-17)8-4-5-11-22-2;1-21-10-4-3-7-15-8-5-9-16(13-15)17(14-19)18(20)23-12-6-11-22-2;1-3-22-11-12-23-18(20)17(14-19)16-9-6-8-15(13-16)7-4-5-10-21-2;1-14(2)13-22-18(20)17(12-19)16-9-6-8-15(11-16)7-4-5-10-21-3;1-3-20-16(18)15(12-17)14-9-6-8-13(11-14)7-4-5-10-19-2/h15H,3-14H2,1-2H3;14H,3-13H2,1-2H3;2*13H,3-12H2,1-2H3;11,14H,4-10,13H2,1-3H3;11H,3-10H2,1-2H3/b19-18-;18-17-;3*17-16-;15-14-. The van der Waals surface area contributed by atoms with Gasteiger partial charge in [0.05, 0.1) is 39.6 Å². The molecule has 137 heavy (non-hydrogen) atoms. The van der Waals surface area contributed by atoms with Gasteiger partial charge < -0.3 is 75.8 Å². The molecule has 0 aromatic heterocycles. The molecule has 6 rings (SSSR count). The second-order valence-corrected chi connectivity index (χ2v) is 34.0. The van der Waals surface area contributed by atoms with Gasteiger partial charge in [-0.25, -0.2) is 28.8 Å². The van der Waals surface area contributed by atoms with E-state index in [1.807, 2.05) is 101 Å². The molecule has 0 aliphatic heterocycles. The Balaban J connectivity index is 0.000000823. The molecule has 0 spiro atoms. The van der Waals surface area contributed by atoms with Gasteiger partial charge in [-0.2, -0.15) is 31.6 Å². The topological polar surface area (TPSA) is 393 Å². The average molecular weight is 1910 g/mol. The van der Waals surface area contributed by atoms with E-state index in [9.17, 15) is 55.1 Å². The quantitative estimate of drug-likeness (QED) is 0.0179. The van der Waals surface area contributed by atoms with E-state index >= 15 is 0 Å². The number of methoxy groups -OCH3 is 7. The number of allylic oxidation sites excluding steroid dienone is 18. The van der Waals surface area contributed by atoms with Crippen LogP contribution in [0.5, 0.6) is 0 Å². The van der Waals surface area contributed by atoms with Crippen LogP contribution >= 0.6 is 0 Å². The molecule has 0 aromatic rings. The Morgan fingerprint density at radius 1 is 0.248 bits per heavy atom. The molecule has 0 unspecified atom stereocenters. The summed E-state index contributed by atoms with van der Waals surface area (Å²) in [6.45, 7) is 21.6. The minimum Gasteiger partial charge on any atom is -0.462 e. The number of unbranched alkanes of at least 4 members (excludes halogenated alkanes) is 7. The summed E-state index contributed by atoms with van der Waals surface area (Å²) >= 11 is 0. The van der Waals surface area contributed by atoms with Crippen molar-refractivity contribution in [1.82, 2.24) is 0 Å². The first-order valence-corrected chi connectivity index (χ1v) is 49.9. The van der Waals surface area contributed by atoms with Gasteiger partial charge in [0.1, 0.15) is 83.1 Å². The van der Waals surface area contributed by atoms with Crippen LogP contribution in [0, 0.1) is 73.9 Å². The molecule has 6 aliphatic rings. The summed E-state index contributed by atoms with van der Waals surface area (Å²) in [5.41, 5.74) is 13.7. The van der Waals surface area contributed by atoms with Gasteiger partial charge in [-0.05, 0) is 298 Å². The first-order valence-electron chi connectivity index (χ1n) is 49.9. The predicted octanol–water partition coefficient (Wildman–Crippen LogP) is 21.7. The van der Waals surface area contributed by atoms with Crippen molar-refractivity contribution in [2.75, 3.05) is 175 Å². The van der Waals surface area contributed by atoms with Crippen molar-refractivity contribution in [1.29, 1.82) is 31.6 Å². The first kappa shape index (κ1) is 125. The number of nitrogens with zero attached hydrogens (tertiary/aromatic N) is 6. The van der Waals surface area contributed by atoms with Crippen molar-refractivity contribution >= 4 is 35.8 Å². The minimum atomic E-state index is -0.543. The molecule has 0 fully saturated rings. The highest BCUT2D eigenvalue weighted by Gasteiger charge is 2.26. The number of nitriles is 6. The molecule has 0 amide bonds. The van der Waals surface area contributed by atoms with E-state index < -0.39 is 35.8 Å². The Kier molecular flexibility index (Phi) is 78.1. The van der Waals surface area contributed by atoms with E-state index in [1.165, 1.54) is 33.4 Å². The number of rotatable bonds is 58. The van der Waals surface area contributed by atoms with E-state index in [1.54, 1.807) is 56.7 Å². The fourth-order valence-corrected chi connectivity index (χ4v) is 15.4. The number of esters is 6. The molecule has 28 heteroatoms. The Bertz CT molecular complexity index is 4110. The van der Waals surface area contributed by atoms with Crippen LogP contribution in [0.25, 0.3) is 0 Å². The number of carbonyl (C=O) groups excluding carboxylic acids is 6. The van der Waals surface area contributed by atoms with Crippen molar-refractivity contribution in [2.45, 2.75) is 298 Å². The Hall–Kier alpha value is -9.76. The molecule has 0 bridgehead atoms. The van der Waals surface area contributed by atoms with Crippen molar-refractivity contribution < 1.29 is 105 Å². The van der Waals surface area contributed by atoms with Crippen LogP contribution in [0.3, 0.4) is 0 Å². The van der Waals surface area contributed by atoms with E-state index in [4.69, 9.17) is 81.1 Å². The third-order valence-corrected chi connectivity index (χ3v) is 22.5. The van der Waals surface area contributed by atoms with E-state index in [0.717, 1.165) is 317 Å². The van der Waals surface area contributed by atoms with Crippen LogP contribution < -0.4 is 0 Å². The maximum Gasteiger partial charge on any atom is 0.349 e. The lowest BCUT2D eigenvalue weighted by Crippen LogP contribution is -2.14. The van der Waals surface area contributed by atoms with Gasteiger partial charge in [-0.15, -0.1) is 0 Å². The fourth-order valence-electron chi connectivity index (χ4n) is 15.4. The molecule has 0 heterocycles. The van der Waals surface area contributed by atoms with E-state index in [0.29, 0.717) is 72.3 Å². The largest absolute Gasteiger partial charge is 0.462 e. The highest BCUT2D eigenvalue weighted by molar-refractivity contribution is 5.97. The second-order valence-electron chi connectivity index (χ2n) is 34.0. The summed E-state index contributed by atoms with van der Waals surface area (Å²) in [4.78, 5) is 72.1. The molecule has 0 radical (unpaired) electrons. The summed E-state index contributed by atoms with van der Waals surface area (Å²) in [5, 5.41) is 55.8. The Morgan fingerprint density at radius 2 is 0.467 bits per heavy atom. The molecule has 0 atom stereocenters. The fraction of sp³-hybridized carbons (Fsp3) is 0.670. The van der Waals surface area contributed by atoms with E-state index in [2.05, 4.69) is 6.92 Å². The lowest BCUT2D eigenvalue weighted by Gasteiger charge is -2.16. The third kappa shape index (κ3) is 59.3. The van der Waals surface area contributed by atoms with Gasteiger partial charge in [0.2, 0.25) is 0 Å². The smallest absolute Gasteiger partial charge is 0.349 e. The number of hydrogen-bond donors (Lipinski definition) is 0. The van der Waals surface area contributed by atoms with Gasteiger partial charge in [0.15, 0.2) is 0 Å². The van der Waals surface area contributed by atoms with Gasteiger partial charge in [0, 0.05) is 135 Å². The SMILES string of the molecule is CCCCOCCOC(=O)/C(C#N)=C1\C=C(CCCCOC)CCC1.CCOC(=O)/C(C#N)=C1\C=C(CCCCOC)CCC1.CCOCCCOC(=O)/C(C#N)=C1\C=C(CCCCOC)CCC1.CCOCCOC(=O)/C(C#N)=C1\C=C(CCCCOC)CCC1.COCCCCC1=C/C(=C(/C#N)C(=O)OCC(C)C)CCC1.COCCCCC1=C/C(=C(/C#N)C(=O)OCCCOC)CCC1. The number of ether oxygens (including phenoxy) is 16. The molecular weight excluding hydrogens is 1750 g/mol. The minimum absolute atomic E-state index is 0.135. The van der Waals surface area contributed by atoms with Crippen molar-refractivity contribution in [2.24, 2.45) is 5.92 Å². The van der Waals surface area contributed by atoms with Crippen LogP contribution in [0.4, 0.5) is 0 Å². The molecule has 28 nitrogen and oxygen atoms in total. The van der Waals surface area contributed by atoms with Crippen LogP contribution in [0.15, 0.2) is 137 Å². The summed E-state index contributed by atoms with van der Waals surface area (Å²) in [5.74, 6) is -2.82. The zero-order valence-corrected chi connectivity index (χ0v) is 85.4. The van der Waals surface area contributed by atoms with Crippen LogP contribution in [0.2, 0.25) is 0 Å². The van der Waals surface area contributed by atoms with Crippen molar-refractivity contribution in [3.63, 3.8) is 0 Å². The summed E-state index contributed by atoms with van der Waals surface area (Å²) < 4.78 is 81.7. The van der Waals surface area contributed by atoms with Gasteiger partial charge in [-0.1, -0.05) is 97.1 Å². The van der Waals surface area contributed by atoms with Gasteiger partial charge in [0.25, 0.3) is 0 Å². The Labute approximate surface area is 820 Å². The Morgan fingerprint density at radius 3 is 0.701 bits per heavy atom. The molecule has 6 aliphatic carbocycles. The zero-order chi connectivity index (χ0) is 101. The number of hydrogen-bond acceptors (Lipinski definition) is 28. The zero-order valence-electron chi connectivity index (χ0n) is 85.4. The van der Waals surface area contributed by atoms with Gasteiger partial charge >= 0.3 is 35.8 Å². The van der Waals surface area contributed by atoms with Crippen LogP contribution in [-0.2, 0) is 105 Å². The maximum absolute atomic E-state index is 12.2. The van der Waals surface area contributed by atoms with Crippen molar-refractivity contribution in [3.8, 4) is 36.4 Å². The van der Waals surface area contributed by atoms with E-state index in [-0.39, 0.29) is 65.8 Å². The highest BCUT2D eigenvalue weighted by Crippen LogP contribution is 2.35. The summed E-state index contributed by atoms with van der Waals surface area (Å²) in [6.07, 6.45) is 50.8. The molecule has 0 N–H and O–H groups in total. The lowest BCUT2D eigenvalue weighted by molar-refractivity contribution is -0.141. The first-order chi connectivity index (χ1) is 66.7. The molecular formula is C109H164N6O22. The predicted molar refractivity (Wildman–Crippen MR) is 528 cm³/mol. The molecule has 762 valence electrons. The molecule has 0 saturated heterocycles. The molecule has 0 saturated carbocycles. The summed E-state index contributed by atoms with van der Waals surface area (Å²) in [7, 11) is 11.9. The van der Waals surface area contributed by atoms with Gasteiger partial charge in [-0.3, -0.25) is 0 Å². The maximum atomic E-state index is 12.2.